The Morgan fingerprint density at radius 3 is 2.65 bits per heavy atom. The average Bonchev–Trinajstić information content (AvgIpc) is 2.18. The van der Waals surface area contributed by atoms with E-state index in [0.717, 1.165) is 24.4 Å². The van der Waals surface area contributed by atoms with E-state index < -0.39 is 17.8 Å². The van der Waals surface area contributed by atoms with E-state index in [9.17, 15) is 18.0 Å². The molecule has 0 aliphatic carbocycles. The Kier molecular flexibility index (Phi) is 3.95. The van der Waals surface area contributed by atoms with Crippen molar-refractivity contribution < 1.29 is 18.0 Å². The molecule has 0 radical (unpaired) electrons. The number of alkyl halides is 3. The third-order valence-corrected chi connectivity index (χ3v) is 2.05. The SMILES string of the molecule is NC(=O)NN=Cc1cc(C(F)(F)F)ccc1Cl. The van der Waals surface area contributed by atoms with Crippen LogP contribution in [0.4, 0.5) is 18.0 Å². The number of hydrazone groups is 1. The minimum atomic E-state index is -4.47. The molecule has 0 spiro atoms. The molecule has 0 aromatic heterocycles. The van der Waals surface area contributed by atoms with Crippen molar-refractivity contribution in [2.24, 2.45) is 10.8 Å². The molecule has 2 amide bonds. The van der Waals surface area contributed by atoms with Gasteiger partial charge in [0.05, 0.1) is 11.8 Å². The van der Waals surface area contributed by atoms with Gasteiger partial charge in [-0.1, -0.05) is 11.6 Å². The Morgan fingerprint density at radius 1 is 1.47 bits per heavy atom. The van der Waals surface area contributed by atoms with Crippen LogP contribution in [0.25, 0.3) is 0 Å². The number of hydrogen-bond acceptors (Lipinski definition) is 2. The number of hydrogen-bond donors (Lipinski definition) is 2. The molecule has 0 bridgehead atoms. The van der Waals surface area contributed by atoms with Gasteiger partial charge >= 0.3 is 12.2 Å². The van der Waals surface area contributed by atoms with Gasteiger partial charge in [-0.05, 0) is 18.2 Å². The first-order chi connectivity index (χ1) is 7.80. The highest BCUT2D eigenvalue weighted by Gasteiger charge is 2.30. The summed E-state index contributed by atoms with van der Waals surface area (Å²) in [6.07, 6.45) is -3.49. The molecular formula is C9H7ClF3N3O. The zero-order chi connectivity index (χ0) is 13.1. The van der Waals surface area contributed by atoms with E-state index in [-0.39, 0.29) is 10.6 Å². The van der Waals surface area contributed by atoms with Crippen LogP contribution in [0.3, 0.4) is 0 Å². The molecule has 1 aromatic rings. The first-order valence-electron chi connectivity index (χ1n) is 4.26. The Labute approximate surface area is 99.2 Å². The van der Waals surface area contributed by atoms with E-state index >= 15 is 0 Å². The van der Waals surface area contributed by atoms with E-state index in [0.29, 0.717) is 0 Å². The number of carbonyl (C=O) groups is 1. The summed E-state index contributed by atoms with van der Waals surface area (Å²) < 4.78 is 37.1. The van der Waals surface area contributed by atoms with Crippen LogP contribution in [0, 0.1) is 0 Å². The third-order valence-electron chi connectivity index (χ3n) is 1.70. The number of nitrogens with zero attached hydrogens (tertiary/aromatic N) is 1. The number of nitrogens with two attached hydrogens (primary N) is 1. The summed E-state index contributed by atoms with van der Waals surface area (Å²) in [7, 11) is 0. The van der Waals surface area contributed by atoms with Crippen molar-refractivity contribution in [2.45, 2.75) is 6.18 Å². The predicted molar refractivity (Wildman–Crippen MR) is 56.8 cm³/mol. The molecule has 8 heteroatoms. The lowest BCUT2D eigenvalue weighted by atomic mass is 10.1. The maximum atomic E-state index is 12.4. The molecule has 1 aromatic carbocycles. The summed E-state index contributed by atoms with van der Waals surface area (Å²) >= 11 is 5.66. The molecule has 0 fully saturated rings. The van der Waals surface area contributed by atoms with Crippen LogP contribution in [0.1, 0.15) is 11.1 Å². The molecule has 92 valence electrons. The van der Waals surface area contributed by atoms with Crippen LogP contribution < -0.4 is 11.2 Å². The van der Waals surface area contributed by atoms with Crippen LogP contribution in [-0.2, 0) is 6.18 Å². The number of primary amides is 1. The fourth-order valence-corrected chi connectivity index (χ4v) is 1.15. The zero-order valence-corrected chi connectivity index (χ0v) is 9.01. The van der Waals surface area contributed by atoms with Gasteiger partial charge in [-0.3, -0.25) is 0 Å². The van der Waals surface area contributed by atoms with Crippen LogP contribution in [0.2, 0.25) is 5.02 Å². The fourth-order valence-electron chi connectivity index (χ4n) is 0.984. The highest BCUT2D eigenvalue weighted by Crippen LogP contribution is 2.31. The van der Waals surface area contributed by atoms with Gasteiger partial charge in [0.1, 0.15) is 0 Å². The fraction of sp³-hybridized carbons (Fsp3) is 0.111. The average molecular weight is 266 g/mol. The van der Waals surface area contributed by atoms with Gasteiger partial charge in [0, 0.05) is 10.6 Å². The number of halogens is 4. The zero-order valence-electron chi connectivity index (χ0n) is 8.25. The molecule has 0 saturated carbocycles. The standard InChI is InChI=1S/C9H7ClF3N3O/c10-7-2-1-6(9(11,12)13)3-5(7)4-15-16-8(14)17/h1-4H,(H3,14,16,17). The summed E-state index contributed by atoms with van der Waals surface area (Å²) in [6, 6.07) is 1.83. The van der Waals surface area contributed by atoms with Crippen molar-refractivity contribution in [3.05, 3.63) is 34.3 Å². The Balaban J connectivity index is 2.99. The Hall–Kier alpha value is -1.76. The van der Waals surface area contributed by atoms with E-state index in [2.05, 4.69) is 5.10 Å². The minimum Gasteiger partial charge on any atom is -0.350 e. The highest BCUT2D eigenvalue weighted by molar-refractivity contribution is 6.33. The van der Waals surface area contributed by atoms with Crippen LogP contribution in [0.5, 0.6) is 0 Å². The Bertz CT molecular complexity index is 459. The third kappa shape index (κ3) is 3.95. The van der Waals surface area contributed by atoms with Gasteiger partial charge in [0.25, 0.3) is 0 Å². The number of nitrogens with one attached hydrogen (secondary N) is 1. The molecule has 0 saturated heterocycles. The maximum absolute atomic E-state index is 12.4. The number of benzene rings is 1. The second kappa shape index (κ2) is 5.05. The topological polar surface area (TPSA) is 67.5 Å². The molecule has 0 heterocycles. The monoisotopic (exact) mass is 265 g/mol. The first kappa shape index (κ1) is 13.3. The number of urea groups is 1. The number of amides is 2. The van der Waals surface area contributed by atoms with Crippen LogP contribution >= 0.6 is 11.6 Å². The van der Waals surface area contributed by atoms with Crippen LogP contribution in [0.15, 0.2) is 23.3 Å². The number of carbonyl (C=O) groups excluding carboxylic acids is 1. The van der Waals surface area contributed by atoms with Crippen molar-refractivity contribution in [1.82, 2.24) is 5.43 Å². The minimum absolute atomic E-state index is 0.0234. The van der Waals surface area contributed by atoms with Crippen LogP contribution in [-0.4, -0.2) is 12.2 Å². The van der Waals surface area contributed by atoms with Gasteiger partial charge < -0.3 is 5.73 Å². The van der Waals surface area contributed by atoms with Gasteiger partial charge in [-0.25, -0.2) is 10.2 Å². The summed E-state index contributed by atoms with van der Waals surface area (Å²) in [4.78, 5) is 10.3. The van der Waals surface area contributed by atoms with Gasteiger partial charge in [-0.15, -0.1) is 0 Å². The summed E-state index contributed by atoms with van der Waals surface area (Å²) in [6.45, 7) is 0. The normalized spacial score (nSPS) is 11.8. The van der Waals surface area contributed by atoms with Crippen molar-refractivity contribution in [3.8, 4) is 0 Å². The van der Waals surface area contributed by atoms with Crippen molar-refractivity contribution >= 4 is 23.8 Å². The predicted octanol–water partition coefficient (Wildman–Crippen LogP) is 2.36. The molecular weight excluding hydrogens is 259 g/mol. The van der Waals surface area contributed by atoms with E-state index in [1.807, 2.05) is 5.43 Å². The molecule has 0 aliphatic rings. The summed E-state index contributed by atoms with van der Waals surface area (Å²) in [5, 5.41) is 3.40. The molecule has 3 N–H and O–H groups in total. The number of rotatable bonds is 2. The molecule has 17 heavy (non-hydrogen) atoms. The summed E-state index contributed by atoms with van der Waals surface area (Å²) in [5.74, 6) is 0. The molecule has 1 rings (SSSR count). The lowest BCUT2D eigenvalue weighted by Crippen LogP contribution is -2.24. The Morgan fingerprint density at radius 2 is 2.12 bits per heavy atom. The van der Waals surface area contributed by atoms with Crippen molar-refractivity contribution in [3.63, 3.8) is 0 Å². The van der Waals surface area contributed by atoms with Crippen molar-refractivity contribution in [2.75, 3.05) is 0 Å². The second-order valence-electron chi connectivity index (χ2n) is 2.97. The van der Waals surface area contributed by atoms with E-state index in [4.69, 9.17) is 17.3 Å². The maximum Gasteiger partial charge on any atom is 0.416 e. The first-order valence-corrected chi connectivity index (χ1v) is 4.64. The molecule has 0 aliphatic heterocycles. The molecule has 0 atom stereocenters. The second-order valence-corrected chi connectivity index (χ2v) is 3.38. The quantitative estimate of drug-likeness (QED) is 0.625. The van der Waals surface area contributed by atoms with Gasteiger partial charge in [-0.2, -0.15) is 18.3 Å². The van der Waals surface area contributed by atoms with E-state index in [1.165, 1.54) is 0 Å². The smallest absolute Gasteiger partial charge is 0.350 e. The van der Waals surface area contributed by atoms with Gasteiger partial charge in [0.15, 0.2) is 0 Å². The highest BCUT2D eigenvalue weighted by atomic mass is 35.5. The lowest BCUT2D eigenvalue weighted by Gasteiger charge is -2.07. The lowest BCUT2D eigenvalue weighted by molar-refractivity contribution is -0.137. The van der Waals surface area contributed by atoms with Gasteiger partial charge in [0.2, 0.25) is 0 Å². The summed E-state index contributed by atoms with van der Waals surface area (Å²) in [5.41, 5.74) is 5.73. The van der Waals surface area contributed by atoms with E-state index in [1.54, 1.807) is 0 Å². The molecule has 4 nitrogen and oxygen atoms in total. The molecule has 0 unspecified atom stereocenters. The van der Waals surface area contributed by atoms with Crippen molar-refractivity contribution in [1.29, 1.82) is 0 Å². The largest absolute Gasteiger partial charge is 0.416 e.